The number of benzene rings is 1. The summed E-state index contributed by atoms with van der Waals surface area (Å²) in [6, 6.07) is 8.15. The number of carbonyl (C=O) groups is 1. The average molecular weight is 400 g/mol. The molecule has 0 saturated carbocycles. The number of sulfone groups is 1. The summed E-state index contributed by atoms with van der Waals surface area (Å²) in [7, 11) is -1.20. The Kier molecular flexibility index (Phi) is 6.47. The maximum Gasteiger partial charge on any atom is 0.232 e. The van der Waals surface area contributed by atoms with Crippen molar-refractivity contribution in [2.75, 3.05) is 50.5 Å². The summed E-state index contributed by atoms with van der Waals surface area (Å²) in [5.41, 5.74) is 1.28. The van der Waals surface area contributed by atoms with Crippen LogP contribution in [0.15, 0.2) is 24.3 Å². The predicted octanol–water partition coefficient (Wildman–Crippen LogP) is -0.157. The number of nitrogens with zero attached hydrogens (tertiary/aromatic N) is 1. The van der Waals surface area contributed by atoms with E-state index >= 15 is 0 Å². The molecule has 8 heteroatoms. The number of quaternary nitrogens is 1. The van der Waals surface area contributed by atoms with E-state index in [2.05, 4.69) is 12.1 Å². The van der Waals surface area contributed by atoms with E-state index in [1.807, 2.05) is 17.0 Å². The van der Waals surface area contributed by atoms with E-state index in [1.165, 1.54) is 22.2 Å². The Labute approximate surface area is 159 Å². The number of piperazine rings is 1. The zero-order valence-electron chi connectivity index (χ0n) is 15.1. The van der Waals surface area contributed by atoms with Gasteiger partial charge in [0, 0.05) is 10.8 Å². The van der Waals surface area contributed by atoms with E-state index in [4.69, 9.17) is 4.74 Å². The van der Waals surface area contributed by atoms with E-state index in [1.54, 1.807) is 7.11 Å². The highest BCUT2D eigenvalue weighted by Crippen LogP contribution is 2.24. The van der Waals surface area contributed by atoms with E-state index in [-0.39, 0.29) is 22.7 Å². The first-order valence-electron chi connectivity index (χ1n) is 9.01. The van der Waals surface area contributed by atoms with Gasteiger partial charge in [0.15, 0.2) is 9.84 Å². The molecule has 26 heavy (non-hydrogen) atoms. The molecule has 2 saturated heterocycles. The van der Waals surface area contributed by atoms with Crippen molar-refractivity contribution in [3.63, 3.8) is 0 Å². The van der Waals surface area contributed by atoms with Crippen molar-refractivity contribution in [1.82, 2.24) is 4.90 Å². The van der Waals surface area contributed by atoms with Crippen molar-refractivity contribution in [1.29, 1.82) is 0 Å². The largest absolute Gasteiger partial charge is 0.497 e. The summed E-state index contributed by atoms with van der Waals surface area (Å²) < 4.78 is 28.2. The van der Waals surface area contributed by atoms with Gasteiger partial charge in [-0.05, 0) is 30.7 Å². The third-order valence-electron chi connectivity index (χ3n) is 5.07. The first-order chi connectivity index (χ1) is 12.4. The molecule has 0 aliphatic carbocycles. The van der Waals surface area contributed by atoms with Gasteiger partial charge in [-0.3, -0.25) is 4.79 Å². The van der Waals surface area contributed by atoms with Crippen LogP contribution in [0.5, 0.6) is 5.75 Å². The first kappa shape index (κ1) is 19.5. The van der Waals surface area contributed by atoms with Crippen LogP contribution in [-0.4, -0.2) is 75.0 Å². The lowest BCUT2D eigenvalue weighted by Crippen LogP contribution is -3.13. The number of hydrogen-bond acceptors (Lipinski definition) is 5. The highest BCUT2D eigenvalue weighted by molar-refractivity contribution is 8.02. The van der Waals surface area contributed by atoms with E-state index in [9.17, 15) is 13.2 Å². The van der Waals surface area contributed by atoms with Gasteiger partial charge >= 0.3 is 0 Å². The molecular formula is C18H27N2O4S2+. The topological polar surface area (TPSA) is 68.1 Å². The van der Waals surface area contributed by atoms with Crippen LogP contribution in [0.2, 0.25) is 0 Å². The van der Waals surface area contributed by atoms with E-state index < -0.39 is 9.84 Å². The number of carbonyl (C=O) groups excluding carboxylic acids is 1. The SMILES string of the molecule is COc1ccc(C[NH+]2CCN(C(=O)CS[C@H]3CCS(=O)(=O)C3)CC2)cc1. The summed E-state index contributed by atoms with van der Waals surface area (Å²) >= 11 is 1.51. The molecule has 1 aromatic rings. The molecule has 0 aromatic heterocycles. The van der Waals surface area contributed by atoms with Gasteiger partial charge in [0.05, 0.1) is 50.5 Å². The summed E-state index contributed by atoms with van der Waals surface area (Å²) in [6.45, 7) is 4.39. The number of amides is 1. The number of hydrogen-bond donors (Lipinski definition) is 1. The second-order valence-corrected chi connectivity index (χ2v) is 10.5. The maximum atomic E-state index is 12.4. The predicted molar refractivity (Wildman–Crippen MR) is 103 cm³/mol. The minimum atomic E-state index is -2.87. The van der Waals surface area contributed by atoms with Gasteiger partial charge in [-0.15, -0.1) is 11.8 Å². The molecule has 0 bridgehead atoms. The minimum absolute atomic E-state index is 0.0888. The number of methoxy groups -OCH3 is 1. The fourth-order valence-corrected chi connectivity index (χ4v) is 7.00. The molecule has 144 valence electrons. The Hall–Kier alpha value is -1.25. The van der Waals surface area contributed by atoms with Crippen LogP contribution in [0.25, 0.3) is 0 Å². The summed E-state index contributed by atoms with van der Waals surface area (Å²) in [5, 5.41) is 0.0888. The van der Waals surface area contributed by atoms with Gasteiger partial charge in [0.25, 0.3) is 0 Å². The minimum Gasteiger partial charge on any atom is -0.497 e. The van der Waals surface area contributed by atoms with Crippen molar-refractivity contribution >= 4 is 27.5 Å². The monoisotopic (exact) mass is 399 g/mol. The van der Waals surface area contributed by atoms with Crippen molar-refractivity contribution in [2.24, 2.45) is 0 Å². The van der Waals surface area contributed by atoms with Crippen LogP contribution in [-0.2, 0) is 21.2 Å². The number of ether oxygens (including phenoxy) is 1. The molecule has 2 heterocycles. The number of rotatable bonds is 6. The molecule has 0 unspecified atom stereocenters. The highest BCUT2D eigenvalue weighted by atomic mass is 32.2. The summed E-state index contributed by atoms with van der Waals surface area (Å²) in [4.78, 5) is 15.8. The van der Waals surface area contributed by atoms with E-state index in [0.717, 1.165) is 38.5 Å². The number of thioether (sulfide) groups is 1. The van der Waals surface area contributed by atoms with Gasteiger partial charge in [0.1, 0.15) is 12.3 Å². The zero-order chi connectivity index (χ0) is 18.6. The molecule has 1 aromatic carbocycles. The van der Waals surface area contributed by atoms with Crippen LogP contribution < -0.4 is 9.64 Å². The average Bonchev–Trinajstić information content (AvgIpc) is 3.00. The fourth-order valence-electron chi connectivity index (χ4n) is 3.45. The second kappa shape index (κ2) is 8.63. The molecule has 3 rings (SSSR count). The van der Waals surface area contributed by atoms with Crippen LogP contribution in [0, 0.1) is 0 Å². The third kappa shape index (κ3) is 5.37. The maximum absolute atomic E-state index is 12.4. The van der Waals surface area contributed by atoms with Crippen LogP contribution in [0.3, 0.4) is 0 Å². The van der Waals surface area contributed by atoms with Gasteiger partial charge in [-0.25, -0.2) is 8.42 Å². The lowest BCUT2D eigenvalue weighted by molar-refractivity contribution is -0.917. The van der Waals surface area contributed by atoms with Crippen molar-refractivity contribution in [2.45, 2.75) is 18.2 Å². The molecule has 6 nitrogen and oxygen atoms in total. The molecule has 0 spiro atoms. The quantitative estimate of drug-likeness (QED) is 0.720. The lowest BCUT2D eigenvalue weighted by atomic mass is 10.2. The lowest BCUT2D eigenvalue weighted by Gasteiger charge is -2.32. The summed E-state index contributed by atoms with van der Waals surface area (Å²) in [5.74, 6) is 1.90. The van der Waals surface area contributed by atoms with Crippen LogP contribution in [0.4, 0.5) is 0 Å². The second-order valence-electron chi connectivity index (χ2n) is 6.99. The zero-order valence-corrected chi connectivity index (χ0v) is 16.8. The van der Waals surface area contributed by atoms with Gasteiger partial charge in [0.2, 0.25) is 5.91 Å². The van der Waals surface area contributed by atoms with Crippen LogP contribution in [0.1, 0.15) is 12.0 Å². The fraction of sp³-hybridized carbons (Fsp3) is 0.611. The Morgan fingerprint density at radius 1 is 1.27 bits per heavy atom. The Morgan fingerprint density at radius 2 is 1.96 bits per heavy atom. The molecule has 2 aliphatic heterocycles. The Bertz CT molecular complexity index is 713. The molecule has 1 N–H and O–H groups in total. The van der Waals surface area contributed by atoms with Gasteiger partial charge < -0.3 is 14.5 Å². The molecule has 2 fully saturated rings. The highest BCUT2D eigenvalue weighted by Gasteiger charge is 2.30. The van der Waals surface area contributed by atoms with Gasteiger partial charge in [-0.2, -0.15) is 0 Å². The van der Waals surface area contributed by atoms with E-state index in [0.29, 0.717) is 12.2 Å². The standard InChI is InChI=1S/C18H26N2O4S2/c1-24-16-4-2-15(3-5-16)12-19-7-9-20(10-8-19)18(21)13-25-17-6-11-26(22,23)14-17/h2-5,17H,6-14H2,1H3/p+1/t17-/m0/s1. The van der Waals surface area contributed by atoms with Crippen molar-refractivity contribution in [3.05, 3.63) is 29.8 Å². The van der Waals surface area contributed by atoms with Crippen molar-refractivity contribution < 1.29 is 22.8 Å². The smallest absolute Gasteiger partial charge is 0.232 e. The van der Waals surface area contributed by atoms with Gasteiger partial charge in [-0.1, -0.05) is 0 Å². The first-order valence-corrected chi connectivity index (χ1v) is 11.9. The third-order valence-corrected chi connectivity index (χ3v) is 8.34. The van der Waals surface area contributed by atoms with Crippen LogP contribution >= 0.6 is 11.8 Å². The summed E-state index contributed by atoms with van der Waals surface area (Å²) in [6.07, 6.45) is 0.681. The number of nitrogens with one attached hydrogen (secondary N) is 1. The molecular weight excluding hydrogens is 372 g/mol. The molecule has 0 radical (unpaired) electrons. The Balaban J connectivity index is 1.39. The van der Waals surface area contributed by atoms with Crippen molar-refractivity contribution in [3.8, 4) is 5.75 Å². The molecule has 2 aliphatic rings. The Morgan fingerprint density at radius 3 is 2.54 bits per heavy atom. The molecule has 1 atom stereocenters. The normalized spacial score (nSPS) is 23.1. The molecule has 1 amide bonds.